The normalized spacial score (nSPS) is 12.4. The predicted molar refractivity (Wildman–Crippen MR) is 93.7 cm³/mol. The van der Waals surface area contributed by atoms with Gasteiger partial charge in [-0.3, -0.25) is 0 Å². The molecule has 2 aromatic carbocycles. The summed E-state index contributed by atoms with van der Waals surface area (Å²) in [6.45, 7) is 0. The lowest BCUT2D eigenvalue weighted by Gasteiger charge is -2.12. The van der Waals surface area contributed by atoms with Crippen LogP contribution >= 0.6 is 0 Å². The Morgan fingerprint density at radius 1 is 1.00 bits per heavy atom. The van der Waals surface area contributed by atoms with E-state index in [1.54, 1.807) is 0 Å². The van der Waals surface area contributed by atoms with Crippen molar-refractivity contribution in [3.63, 3.8) is 0 Å². The number of rotatable bonds is 5. The number of sulfone groups is 1. The second-order valence-electron chi connectivity index (χ2n) is 6.25. The van der Waals surface area contributed by atoms with Crippen LogP contribution in [0, 0.1) is 11.6 Å². The van der Waals surface area contributed by atoms with Crippen LogP contribution in [0.3, 0.4) is 0 Å². The van der Waals surface area contributed by atoms with Crippen LogP contribution in [0.1, 0.15) is 12.1 Å². The van der Waals surface area contributed by atoms with Crippen LogP contribution in [0.25, 0.3) is 16.9 Å². The van der Waals surface area contributed by atoms with Crippen molar-refractivity contribution in [3.05, 3.63) is 59.8 Å². The minimum atomic E-state index is -4.95. The summed E-state index contributed by atoms with van der Waals surface area (Å²) in [5.41, 5.74) is -1.38. The van der Waals surface area contributed by atoms with Gasteiger partial charge in [0, 0.05) is 11.8 Å². The van der Waals surface area contributed by atoms with Crippen molar-refractivity contribution in [1.29, 1.82) is 0 Å². The molecule has 0 amide bonds. The monoisotopic (exact) mass is 468 g/mol. The molecule has 1 heterocycles. The molecule has 166 valence electrons. The average molecular weight is 468 g/mol. The van der Waals surface area contributed by atoms with Crippen LogP contribution in [-0.2, 0) is 9.84 Å². The summed E-state index contributed by atoms with van der Waals surface area (Å²) in [4.78, 5) is -1.19. The van der Waals surface area contributed by atoms with Gasteiger partial charge in [-0.25, -0.2) is 30.7 Å². The third-order valence-corrected chi connectivity index (χ3v) is 5.06. The number of hydrogen-bond acceptors (Lipinski definition) is 4. The second-order valence-corrected chi connectivity index (χ2v) is 8.20. The zero-order chi connectivity index (χ0) is 23.1. The Balaban J connectivity index is 2.13. The van der Waals surface area contributed by atoms with Crippen LogP contribution in [0.2, 0.25) is 0 Å². The zero-order valence-corrected chi connectivity index (χ0v) is 16.1. The molecule has 0 N–H and O–H groups in total. The van der Waals surface area contributed by atoms with Gasteiger partial charge >= 0.3 is 6.36 Å². The molecule has 0 aliphatic rings. The molecule has 0 spiro atoms. The Kier molecular flexibility index (Phi) is 5.74. The van der Waals surface area contributed by atoms with Gasteiger partial charge in [0.05, 0.1) is 11.4 Å². The zero-order valence-electron chi connectivity index (χ0n) is 15.3. The average Bonchev–Trinajstić information content (AvgIpc) is 3.05. The van der Waals surface area contributed by atoms with E-state index in [-0.39, 0.29) is 16.9 Å². The number of alkyl halides is 5. The maximum Gasteiger partial charge on any atom is 0.573 e. The van der Waals surface area contributed by atoms with Gasteiger partial charge in [0.1, 0.15) is 28.0 Å². The number of benzene rings is 2. The third kappa shape index (κ3) is 4.98. The Labute approximate surface area is 170 Å². The van der Waals surface area contributed by atoms with E-state index < -0.39 is 50.6 Å². The predicted octanol–water partition coefficient (Wildman–Crippen LogP) is 5.06. The highest BCUT2D eigenvalue weighted by Gasteiger charge is 2.31. The molecular formula is C18H11F7N2O3S. The van der Waals surface area contributed by atoms with E-state index in [0.717, 1.165) is 35.0 Å². The molecule has 0 saturated heterocycles. The maximum atomic E-state index is 14.3. The van der Waals surface area contributed by atoms with Crippen molar-refractivity contribution in [1.82, 2.24) is 9.78 Å². The quantitative estimate of drug-likeness (QED) is 0.492. The molecule has 0 saturated carbocycles. The van der Waals surface area contributed by atoms with Crippen molar-refractivity contribution >= 4 is 9.84 Å². The second kappa shape index (κ2) is 7.87. The largest absolute Gasteiger partial charge is 0.573 e. The van der Waals surface area contributed by atoms with Gasteiger partial charge in [0.15, 0.2) is 9.84 Å². The molecule has 0 atom stereocenters. The molecule has 13 heteroatoms. The van der Waals surface area contributed by atoms with E-state index in [1.165, 1.54) is 0 Å². The number of hydrogen-bond donors (Lipinski definition) is 0. The first-order valence-corrected chi connectivity index (χ1v) is 10.1. The van der Waals surface area contributed by atoms with E-state index in [2.05, 4.69) is 9.84 Å². The molecule has 0 radical (unpaired) electrons. The summed E-state index contributed by atoms with van der Waals surface area (Å²) in [7, 11) is -4.25. The molecule has 0 aliphatic heterocycles. The van der Waals surface area contributed by atoms with E-state index in [4.69, 9.17) is 0 Å². The first kappa shape index (κ1) is 22.6. The summed E-state index contributed by atoms with van der Waals surface area (Å²) in [6.07, 6.45) is -7.42. The summed E-state index contributed by atoms with van der Waals surface area (Å²) >= 11 is 0. The smallest absolute Gasteiger partial charge is 0.406 e. The first-order valence-electron chi connectivity index (χ1n) is 8.20. The molecule has 31 heavy (non-hydrogen) atoms. The molecule has 0 fully saturated rings. The van der Waals surface area contributed by atoms with Crippen LogP contribution < -0.4 is 4.74 Å². The topological polar surface area (TPSA) is 61.2 Å². The summed E-state index contributed by atoms with van der Waals surface area (Å²) in [5, 5.41) is 3.63. The minimum Gasteiger partial charge on any atom is -0.406 e. The van der Waals surface area contributed by atoms with Crippen molar-refractivity contribution in [2.75, 3.05) is 6.26 Å². The maximum absolute atomic E-state index is 14.3. The lowest BCUT2D eigenvalue weighted by Crippen LogP contribution is -2.17. The molecule has 3 rings (SSSR count). The molecule has 0 unspecified atom stereocenters. The molecule has 0 aliphatic carbocycles. The Hall–Kier alpha value is -3.09. The Bertz CT molecular complexity index is 1200. The Morgan fingerprint density at radius 2 is 1.55 bits per heavy atom. The SMILES string of the molecule is CS(=O)(=O)c1c(F)cc(-c2cc(C(F)F)nn2-c2ccc(OC(F)(F)F)cc2)cc1F. The summed E-state index contributed by atoms with van der Waals surface area (Å²) in [5.74, 6) is -3.48. The van der Waals surface area contributed by atoms with Gasteiger partial charge in [0.2, 0.25) is 0 Å². The van der Waals surface area contributed by atoms with Crippen LogP contribution in [-0.4, -0.2) is 30.8 Å². The van der Waals surface area contributed by atoms with Crippen LogP contribution in [0.5, 0.6) is 5.75 Å². The van der Waals surface area contributed by atoms with E-state index >= 15 is 0 Å². The fourth-order valence-corrected chi connectivity index (χ4v) is 3.59. The van der Waals surface area contributed by atoms with Crippen LogP contribution in [0.15, 0.2) is 47.4 Å². The van der Waals surface area contributed by atoms with Gasteiger partial charge in [-0.1, -0.05) is 0 Å². The highest BCUT2D eigenvalue weighted by molar-refractivity contribution is 7.90. The van der Waals surface area contributed by atoms with Crippen LogP contribution in [0.4, 0.5) is 30.7 Å². The van der Waals surface area contributed by atoms with Crippen molar-refractivity contribution in [2.24, 2.45) is 0 Å². The number of aromatic nitrogens is 2. The van der Waals surface area contributed by atoms with Gasteiger partial charge < -0.3 is 4.74 Å². The highest BCUT2D eigenvalue weighted by atomic mass is 32.2. The molecule has 0 bridgehead atoms. The summed E-state index contributed by atoms with van der Waals surface area (Å²) in [6, 6.07) is 5.98. The highest BCUT2D eigenvalue weighted by Crippen LogP contribution is 2.32. The molecule has 3 aromatic rings. The van der Waals surface area contributed by atoms with E-state index in [1.807, 2.05) is 0 Å². The van der Waals surface area contributed by atoms with Gasteiger partial charge in [-0.2, -0.15) is 5.10 Å². The molecular weight excluding hydrogens is 457 g/mol. The van der Waals surface area contributed by atoms with E-state index in [9.17, 15) is 39.2 Å². The Morgan fingerprint density at radius 3 is 2.00 bits per heavy atom. The van der Waals surface area contributed by atoms with Gasteiger partial charge in [-0.05, 0) is 42.5 Å². The number of halogens is 7. The van der Waals surface area contributed by atoms with Crippen molar-refractivity contribution in [3.8, 4) is 22.7 Å². The fraction of sp³-hybridized carbons (Fsp3) is 0.167. The van der Waals surface area contributed by atoms with Crippen molar-refractivity contribution < 1.29 is 43.9 Å². The summed E-state index contributed by atoms with van der Waals surface area (Å²) < 4.78 is 119. The van der Waals surface area contributed by atoms with E-state index in [0.29, 0.717) is 18.4 Å². The van der Waals surface area contributed by atoms with Gasteiger partial charge in [-0.15, -0.1) is 13.2 Å². The van der Waals surface area contributed by atoms with Crippen molar-refractivity contribution in [2.45, 2.75) is 17.7 Å². The number of nitrogens with zero attached hydrogens (tertiary/aromatic N) is 2. The lowest BCUT2D eigenvalue weighted by molar-refractivity contribution is -0.274. The lowest BCUT2D eigenvalue weighted by atomic mass is 10.1. The molecule has 1 aromatic heterocycles. The molecule has 5 nitrogen and oxygen atoms in total. The van der Waals surface area contributed by atoms with Gasteiger partial charge in [0.25, 0.3) is 6.43 Å². The minimum absolute atomic E-state index is 0.0237. The first-order chi connectivity index (χ1) is 14.3. The fourth-order valence-electron chi connectivity index (χ4n) is 2.76. The standard InChI is InChI=1S/C18H11F7N2O3S/c1-31(28,29)16-12(19)6-9(7-13(16)20)15-8-14(17(21)22)26-27(15)10-2-4-11(5-3-10)30-18(23,24)25/h2-8,17H,1H3. The number of ether oxygens (including phenoxy) is 1. The third-order valence-electron chi connectivity index (χ3n) is 3.93.